The minimum atomic E-state index is -0.357. The van der Waals surface area contributed by atoms with Crippen molar-refractivity contribution in [2.45, 2.75) is 20.4 Å². The Labute approximate surface area is 146 Å². The Bertz CT molecular complexity index is 712. The number of halogens is 1. The molecule has 0 fully saturated rings. The lowest BCUT2D eigenvalue weighted by Crippen LogP contribution is -2.28. The van der Waals surface area contributed by atoms with Crippen molar-refractivity contribution in [3.05, 3.63) is 59.9 Å². The summed E-state index contributed by atoms with van der Waals surface area (Å²) < 4.78 is 18.0. The Morgan fingerprint density at radius 3 is 2.28 bits per heavy atom. The van der Waals surface area contributed by atoms with Crippen molar-refractivity contribution in [2.75, 3.05) is 11.9 Å². The number of nitrogens with one attached hydrogen (secondary N) is 2. The van der Waals surface area contributed by atoms with Crippen LogP contribution in [0.25, 0.3) is 0 Å². The molecule has 0 aliphatic carbocycles. The van der Waals surface area contributed by atoms with Gasteiger partial charge >= 0.3 is 0 Å². The first-order chi connectivity index (χ1) is 11.9. The molecule has 0 bridgehead atoms. The second-order valence-electron chi connectivity index (χ2n) is 5.86. The molecule has 0 aliphatic heterocycles. The van der Waals surface area contributed by atoms with E-state index < -0.39 is 0 Å². The molecule has 0 saturated heterocycles. The number of carbonyl (C=O) groups excluding carboxylic acids is 2. The van der Waals surface area contributed by atoms with Gasteiger partial charge in [-0.05, 0) is 42.0 Å². The molecule has 2 aromatic rings. The van der Waals surface area contributed by atoms with E-state index >= 15 is 0 Å². The van der Waals surface area contributed by atoms with E-state index in [-0.39, 0.29) is 30.2 Å². The highest BCUT2D eigenvalue weighted by molar-refractivity contribution is 5.92. The van der Waals surface area contributed by atoms with Crippen molar-refractivity contribution < 1.29 is 18.7 Å². The molecule has 6 heteroatoms. The molecule has 0 saturated carbocycles. The second kappa shape index (κ2) is 8.82. The van der Waals surface area contributed by atoms with Crippen LogP contribution in [0.2, 0.25) is 0 Å². The quantitative estimate of drug-likeness (QED) is 0.811. The molecule has 0 atom stereocenters. The Morgan fingerprint density at radius 1 is 1.04 bits per heavy atom. The highest BCUT2D eigenvalue weighted by Gasteiger charge is 2.07. The fourth-order valence-electron chi connectivity index (χ4n) is 1.92. The molecule has 0 unspecified atom stereocenters. The van der Waals surface area contributed by atoms with E-state index in [4.69, 9.17) is 4.74 Å². The van der Waals surface area contributed by atoms with Gasteiger partial charge in [-0.15, -0.1) is 0 Å². The number of carbonyl (C=O) groups is 2. The summed E-state index contributed by atoms with van der Waals surface area (Å²) in [5.74, 6) is -0.327. The lowest BCUT2D eigenvalue weighted by atomic mass is 10.1. The molecule has 0 radical (unpaired) electrons. The number of hydrogen-bond donors (Lipinski definition) is 2. The van der Waals surface area contributed by atoms with Crippen molar-refractivity contribution in [1.82, 2.24) is 5.32 Å². The van der Waals surface area contributed by atoms with Gasteiger partial charge in [-0.1, -0.05) is 26.0 Å². The average molecular weight is 344 g/mol. The molecule has 2 rings (SSSR count). The van der Waals surface area contributed by atoms with E-state index in [9.17, 15) is 14.0 Å². The monoisotopic (exact) mass is 344 g/mol. The minimum absolute atomic E-state index is 0.0426. The van der Waals surface area contributed by atoms with Crippen molar-refractivity contribution >= 4 is 17.5 Å². The zero-order chi connectivity index (χ0) is 18.2. The van der Waals surface area contributed by atoms with Gasteiger partial charge in [0.15, 0.2) is 6.61 Å². The highest BCUT2D eigenvalue weighted by Crippen LogP contribution is 2.12. The van der Waals surface area contributed by atoms with Crippen LogP contribution >= 0.6 is 0 Å². The summed E-state index contributed by atoms with van der Waals surface area (Å²) in [4.78, 5) is 23.4. The summed E-state index contributed by atoms with van der Waals surface area (Å²) >= 11 is 0. The topological polar surface area (TPSA) is 67.4 Å². The number of benzene rings is 2. The maximum atomic E-state index is 12.8. The van der Waals surface area contributed by atoms with Gasteiger partial charge in [-0.2, -0.15) is 0 Å². The van der Waals surface area contributed by atoms with Crippen molar-refractivity contribution in [3.8, 4) is 5.75 Å². The standard InChI is InChI=1S/C19H21FN2O3/c1-13(2)19(24)22-16-7-3-14(4-8-16)11-21-18(23)12-25-17-9-5-15(20)6-10-17/h3-10,13H,11-12H2,1-2H3,(H,21,23)(H,22,24). The normalized spacial score (nSPS) is 10.4. The number of rotatable bonds is 7. The summed E-state index contributed by atoms with van der Waals surface area (Å²) in [5, 5.41) is 5.54. The van der Waals surface area contributed by atoms with Crippen LogP contribution in [0.5, 0.6) is 5.75 Å². The lowest BCUT2D eigenvalue weighted by Gasteiger charge is -2.10. The third kappa shape index (κ3) is 6.25. The van der Waals surface area contributed by atoms with Crippen molar-refractivity contribution in [1.29, 1.82) is 0 Å². The Balaban J connectivity index is 1.75. The Hall–Kier alpha value is -2.89. The van der Waals surface area contributed by atoms with Crippen LogP contribution in [-0.4, -0.2) is 18.4 Å². The van der Waals surface area contributed by atoms with Crippen LogP contribution in [-0.2, 0) is 16.1 Å². The van der Waals surface area contributed by atoms with Gasteiger partial charge in [0.1, 0.15) is 11.6 Å². The van der Waals surface area contributed by atoms with Gasteiger partial charge in [0.05, 0.1) is 0 Å². The van der Waals surface area contributed by atoms with Crippen molar-refractivity contribution in [3.63, 3.8) is 0 Å². The largest absolute Gasteiger partial charge is 0.484 e. The molecule has 2 N–H and O–H groups in total. The molecule has 0 aromatic heterocycles. The smallest absolute Gasteiger partial charge is 0.258 e. The van der Waals surface area contributed by atoms with E-state index in [1.807, 2.05) is 26.0 Å². The number of anilines is 1. The first-order valence-electron chi connectivity index (χ1n) is 7.99. The fraction of sp³-hybridized carbons (Fsp3) is 0.263. The van der Waals surface area contributed by atoms with Crippen LogP contribution in [0.1, 0.15) is 19.4 Å². The van der Waals surface area contributed by atoms with E-state index in [2.05, 4.69) is 10.6 Å². The van der Waals surface area contributed by atoms with E-state index in [1.54, 1.807) is 12.1 Å². The number of hydrogen-bond acceptors (Lipinski definition) is 3. The van der Waals surface area contributed by atoms with Gasteiger partial charge in [0.2, 0.25) is 5.91 Å². The maximum Gasteiger partial charge on any atom is 0.258 e. The fourth-order valence-corrected chi connectivity index (χ4v) is 1.92. The van der Waals surface area contributed by atoms with E-state index in [1.165, 1.54) is 24.3 Å². The van der Waals surface area contributed by atoms with E-state index in [0.29, 0.717) is 18.0 Å². The van der Waals surface area contributed by atoms with Gasteiger partial charge in [-0.3, -0.25) is 9.59 Å². The van der Waals surface area contributed by atoms with Crippen LogP contribution in [0.15, 0.2) is 48.5 Å². The predicted octanol–water partition coefficient (Wildman–Crippen LogP) is 3.12. The third-order valence-corrected chi connectivity index (χ3v) is 3.42. The summed E-state index contributed by atoms with van der Waals surface area (Å²) in [6, 6.07) is 12.7. The molecule has 0 aliphatic rings. The minimum Gasteiger partial charge on any atom is -0.484 e. The SMILES string of the molecule is CC(C)C(=O)Nc1ccc(CNC(=O)COc2ccc(F)cc2)cc1. The highest BCUT2D eigenvalue weighted by atomic mass is 19.1. The second-order valence-corrected chi connectivity index (χ2v) is 5.86. The first-order valence-corrected chi connectivity index (χ1v) is 7.99. The van der Waals surface area contributed by atoms with Crippen molar-refractivity contribution in [2.24, 2.45) is 5.92 Å². The molecule has 0 spiro atoms. The van der Waals surface area contributed by atoms with Gasteiger partial charge in [0.25, 0.3) is 5.91 Å². The molecular weight excluding hydrogens is 323 g/mol. The van der Waals surface area contributed by atoms with Crippen LogP contribution < -0.4 is 15.4 Å². The number of amides is 2. The van der Waals surface area contributed by atoms with Crippen LogP contribution in [0.3, 0.4) is 0 Å². The lowest BCUT2D eigenvalue weighted by molar-refractivity contribution is -0.123. The summed E-state index contributed by atoms with van der Waals surface area (Å²) in [6.45, 7) is 3.86. The van der Waals surface area contributed by atoms with Crippen LogP contribution in [0, 0.1) is 11.7 Å². The molecule has 5 nitrogen and oxygen atoms in total. The Kier molecular flexibility index (Phi) is 6.51. The third-order valence-electron chi connectivity index (χ3n) is 3.42. The average Bonchev–Trinajstić information content (AvgIpc) is 2.60. The molecule has 2 aromatic carbocycles. The summed E-state index contributed by atoms with van der Waals surface area (Å²) in [6.07, 6.45) is 0. The van der Waals surface area contributed by atoms with Gasteiger partial charge in [-0.25, -0.2) is 4.39 Å². The zero-order valence-corrected chi connectivity index (χ0v) is 14.2. The predicted molar refractivity (Wildman–Crippen MR) is 93.7 cm³/mol. The molecule has 2 amide bonds. The first kappa shape index (κ1) is 18.4. The molecular formula is C19H21FN2O3. The molecule has 132 valence electrons. The summed E-state index contributed by atoms with van der Waals surface area (Å²) in [5.41, 5.74) is 1.62. The molecule has 0 heterocycles. The zero-order valence-electron chi connectivity index (χ0n) is 14.2. The van der Waals surface area contributed by atoms with E-state index in [0.717, 1.165) is 5.56 Å². The maximum absolute atomic E-state index is 12.8. The molecule has 25 heavy (non-hydrogen) atoms. The van der Waals surface area contributed by atoms with Crippen LogP contribution in [0.4, 0.5) is 10.1 Å². The van der Waals surface area contributed by atoms with Gasteiger partial charge < -0.3 is 15.4 Å². The summed E-state index contributed by atoms with van der Waals surface area (Å²) in [7, 11) is 0. The Morgan fingerprint density at radius 2 is 1.68 bits per heavy atom. The van der Waals surface area contributed by atoms with Gasteiger partial charge in [0, 0.05) is 18.2 Å². The number of ether oxygens (including phenoxy) is 1.